The van der Waals surface area contributed by atoms with Crippen LogP contribution in [0.5, 0.6) is 0 Å². The van der Waals surface area contributed by atoms with E-state index in [1.54, 1.807) is 0 Å². The van der Waals surface area contributed by atoms with Crippen molar-refractivity contribution in [3.05, 3.63) is 12.2 Å². The first-order valence-electron chi connectivity index (χ1n) is 22.4. The molecule has 0 aliphatic rings. The summed E-state index contributed by atoms with van der Waals surface area (Å²) in [5, 5.41) is 23.1. The molecule has 0 aliphatic carbocycles. The molecule has 0 aromatic carbocycles. The highest BCUT2D eigenvalue weighted by Crippen LogP contribution is 2.15. The maximum Gasteiger partial charge on any atom is 0.305 e. The van der Waals surface area contributed by atoms with Crippen molar-refractivity contribution in [2.75, 3.05) is 13.2 Å². The molecule has 2 unspecified atom stereocenters. The highest BCUT2D eigenvalue weighted by molar-refractivity contribution is 5.76. The van der Waals surface area contributed by atoms with Crippen LogP contribution >= 0.6 is 0 Å². The van der Waals surface area contributed by atoms with Crippen molar-refractivity contribution in [2.45, 2.75) is 251 Å². The van der Waals surface area contributed by atoms with Crippen LogP contribution < -0.4 is 5.32 Å². The predicted octanol–water partition coefficient (Wildman–Crippen LogP) is 12.6. The summed E-state index contributed by atoms with van der Waals surface area (Å²) in [5.41, 5.74) is 0. The highest BCUT2D eigenvalue weighted by atomic mass is 16.5. The van der Waals surface area contributed by atoms with Crippen LogP contribution in [0.2, 0.25) is 0 Å². The summed E-state index contributed by atoms with van der Waals surface area (Å²) in [6.07, 6.45) is 44.5. The summed E-state index contributed by atoms with van der Waals surface area (Å²) in [4.78, 5) is 24.3. The summed E-state index contributed by atoms with van der Waals surface area (Å²) < 4.78 is 5.42. The van der Waals surface area contributed by atoms with Crippen LogP contribution in [0, 0.1) is 0 Å². The van der Waals surface area contributed by atoms with Gasteiger partial charge < -0.3 is 20.3 Å². The van der Waals surface area contributed by atoms with Crippen molar-refractivity contribution in [1.82, 2.24) is 5.32 Å². The van der Waals surface area contributed by atoms with Crippen LogP contribution in [0.25, 0.3) is 0 Å². The summed E-state index contributed by atoms with van der Waals surface area (Å²) in [5.74, 6) is -0.0859. The van der Waals surface area contributed by atoms with E-state index in [4.69, 9.17) is 4.74 Å². The Hall–Kier alpha value is -1.40. The summed E-state index contributed by atoms with van der Waals surface area (Å²) in [6.45, 7) is 4.87. The lowest BCUT2D eigenvalue weighted by Gasteiger charge is -2.22. The Balaban J connectivity index is 3.52. The third-order valence-corrected chi connectivity index (χ3v) is 10.3. The Morgan fingerprint density at radius 3 is 1.39 bits per heavy atom. The Morgan fingerprint density at radius 2 is 0.922 bits per heavy atom. The molecule has 0 aliphatic heterocycles. The largest absolute Gasteiger partial charge is 0.466 e. The summed E-state index contributed by atoms with van der Waals surface area (Å²) in [6, 6.07) is -0.557. The van der Waals surface area contributed by atoms with E-state index in [2.05, 4.69) is 31.3 Å². The third kappa shape index (κ3) is 38.1. The lowest BCUT2D eigenvalue weighted by Crippen LogP contribution is -2.45. The smallest absolute Gasteiger partial charge is 0.305 e. The van der Waals surface area contributed by atoms with Gasteiger partial charge in [0.1, 0.15) is 0 Å². The molecule has 6 nitrogen and oxygen atoms in total. The summed E-state index contributed by atoms with van der Waals surface area (Å²) >= 11 is 0. The normalized spacial score (nSPS) is 12.8. The minimum Gasteiger partial charge on any atom is -0.466 e. The van der Waals surface area contributed by atoms with E-state index in [-0.39, 0.29) is 18.5 Å². The number of hydrogen-bond acceptors (Lipinski definition) is 5. The molecule has 1 amide bonds. The Morgan fingerprint density at radius 1 is 0.529 bits per heavy atom. The quantitative estimate of drug-likeness (QED) is 0.0332. The van der Waals surface area contributed by atoms with Gasteiger partial charge in [-0.05, 0) is 57.8 Å². The number of unbranched alkanes of at least 4 members (excludes halogenated alkanes) is 28. The van der Waals surface area contributed by atoms with Crippen molar-refractivity contribution in [3.63, 3.8) is 0 Å². The number of esters is 1. The van der Waals surface area contributed by atoms with Gasteiger partial charge in [-0.2, -0.15) is 0 Å². The number of amides is 1. The fourth-order valence-corrected chi connectivity index (χ4v) is 6.81. The number of hydrogen-bond donors (Lipinski definition) is 3. The van der Waals surface area contributed by atoms with Gasteiger partial charge in [-0.25, -0.2) is 0 Å². The van der Waals surface area contributed by atoms with E-state index in [0.717, 1.165) is 77.0 Å². The zero-order chi connectivity index (χ0) is 37.3. The molecule has 6 heteroatoms. The Bertz CT molecular complexity index is 757. The van der Waals surface area contributed by atoms with Crippen LogP contribution in [0.4, 0.5) is 0 Å². The fraction of sp³-hybridized carbons (Fsp3) is 0.911. The molecule has 0 rings (SSSR count). The lowest BCUT2D eigenvalue weighted by atomic mass is 10.0. The number of allylic oxidation sites excluding steroid dienone is 2. The second-order valence-electron chi connectivity index (χ2n) is 15.4. The van der Waals surface area contributed by atoms with Crippen LogP contribution in [0.3, 0.4) is 0 Å². The molecule has 0 heterocycles. The van der Waals surface area contributed by atoms with E-state index in [1.807, 2.05) is 0 Å². The minimum atomic E-state index is -0.677. The van der Waals surface area contributed by atoms with Crippen molar-refractivity contribution in [3.8, 4) is 0 Å². The molecule has 0 saturated heterocycles. The van der Waals surface area contributed by atoms with Gasteiger partial charge in [0, 0.05) is 12.8 Å². The maximum absolute atomic E-state index is 12.4. The van der Waals surface area contributed by atoms with E-state index in [1.165, 1.54) is 128 Å². The van der Waals surface area contributed by atoms with Gasteiger partial charge in [-0.15, -0.1) is 0 Å². The van der Waals surface area contributed by atoms with Gasteiger partial charge in [-0.1, -0.05) is 180 Å². The molecule has 2 atom stereocenters. The summed E-state index contributed by atoms with van der Waals surface area (Å²) in [7, 11) is 0. The Kier molecular flexibility index (Phi) is 40.2. The number of carbonyl (C=O) groups excluding carboxylic acids is 2. The zero-order valence-electron chi connectivity index (χ0n) is 34.1. The van der Waals surface area contributed by atoms with Gasteiger partial charge in [0.25, 0.3) is 0 Å². The van der Waals surface area contributed by atoms with Gasteiger partial charge in [0.15, 0.2) is 0 Å². The zero-order valence-corrected chi connectivity index (χ0v) is 34.1. The number of aliphatic hydroxyl groups is 2. The molecule has 0 fully saturated rings. The molecule has 0 bridgehead atoms. The van der Waals surface area contributed by atoms with Crippen molar-refractivity contribution < 1.29 is 24.5 Å². The SMILES string of the molecule is CCCCCCCCCCCCCC(=O)OCCCCC/C=C\CCCCCCCC(=O)NC(CO)C(O)CCCCCCCCCCCCC. The van der Waals surface area contributed by atoms with Crippen molar-refractivity contribution in [1.29, 1.82) is 0 Å². The van der Waals surface area contributed by atoms with E-state index < -0.39 is 12.1 Å². The van der Waals surface area contributed by atoms with Gasteiger partial charge in [0.2, 0.25) is 5.91 Å². The predicted molar refractivity (Wildman–Crippen MR) is 218 cm³/mol. The average molecular weight is 722 g/mol. The molecule has 302 valence electrons. The number of ether oxygens (including phenoxy) is 1. The molecule has 3 N–H and O–H groups in total. The van der Waals surface area contributed by atoms with Crippen LogP contribution in [0.15, 0.2) is 12.2 Å². The van der Waals surface area contributed by atoms with Crippen LogP contribution in [-0.4, -0.2) is 47.4 Å². The second kappa shape index (κ2) is 41.4. The second-order valence-corrected chi connectivity index (χ2v) is 15.4. The Labute approximate surface area is 317 Å². The maximum atomic E-state index is 12.4. The van der Waals surface area contributed by atoms with E-state index >= 15 is 0 Å². The molecular weight excluding hydrogens is 634 g/mol. The highest BCUT2D eigenvalue weighted by Gasteiger charge is 2.20. The molecule has 0 saturated carbocycles. The molecule has 0 aromatic rings. The van der Waals surface area contributed by atoms with Crippen LogP contribution in [0.1, 0.15) is 239 Å². The van der Waals surface area contributed by atoms with E-state index in [9.17, 15) is 19.8 Å². The van der Waals surface area contributed by atoms with Crippen LogP contribution in [-0.2, 0) is 14.3 Å². The monoisotopic (exact) mass is 722 g/mol. The first-order chi connectivity index (χ1) is 25.0. The standard InChI is InChI=1S/C45H87NO5/c1-3-5-7-9-11-13-17-21-25-29-33-37-43(48)42(41-47)46-44(49)38-34-30-26-22-19-15-16-20-24-28-32-36-40-51-45(50)39-35-31-27-23-18-14-12-10-8-6-4-2/h16,20,42-43,47-48H,3-15,17-19,21-41H2,1-2H3,(H,46,49)/b20-16-. The molecule has 0 spiro atoms. The van der Waals surface area contributed by atoms with Gasteiger partial charge in [0.05, 0.1) is 25.4 Å². The molecule has 0 radical (unpaired) electrons. The average Bonchev–Trinajstić information content (AvgIpc) is 3.13. The first-order valence-corrected chi connectivity index (χ1v) is 22.4. The number of rotatable bonds is 41. The van der Waals surface area contributed by atoms with Crippen molar-refractivity contribution in [2.24, 2.45) is 0 Å². The fourth-order valence-electron chi connectivity index (χ4n) is 6.81. The molecule has 51 heavy (non-hydrogen) atoms. The van der Waals surface area contributed by atoms with Gasteiger partial charge >= 0.3 is 5.97 Å². The third-order valence-electron chi connectivity index (χ3n) is 10.3. The molecule has 0 aromatic heterocycles. The number of aliphatic hydroxyl groups excluding tert-OH is 2. The van der Waals surface area contributed by atoms with Crippen molar-refractivity contribution >= 4 is 11.9 Å². The minimum absolute atomic E-state index is 0.0236. The van der Waals surface area contributed by atoms with Gasteiger partial charge in [-0.3, -0.25) is 9.59 Å². The first kappa shape index (κ1) is 49.6. The topological polar surface area (TPSA) is 95.9 Å². The molecular formula is C45H87NO5. The number of carbonyl (C=O) groups is 2. The number of nitrogens with one attached hydrogen (secondary N) is 1. The lowest BCUT2D eigenvalue weighted by molar-refractivity contribution is -0.143. The van der Waals surface area contributed by atoms with E-state index in [0.29, 0.717) is 25.9 Å².